The molecule has 0 heterocycles. The summed E-state index contributed by atoms with van der Waals surface area (Å²) in [5.74, 6) is 0.399. The van der Waals surface area contributed by atoms with Gasteiger partial charge in [-0.2, -0.15) is 0 Å². The van der Waals surface area contributed by atoms with Gasteiger partial charge in [-0.3, -0.25) is 0 Å². The lowest BCUT2D eigenvalue weighted by atomic mass is 10.0. The van der Waals surface area contributed by atoms with Gasteiger partial charge in [0.2, 0.25) is 0 Å². The van der Waals surface area contributed by atoms with Crippen LogP contribution >= 0.6 is 0 Å². The quantitative estimate of drug-likeness (QED) is 0.350. The average molecular weight is 334 g/mol. The molecule has 3 heteroatoms. The fraction of sp³-hybridized carbons (Fsp3) is 0.227. The molecule has 3 rings (SSSR count). The predicted octanol–water partition coefficient (Wildman–Crippen LogP) is 5.27. The molecule has 3 nitrogen and oxygen atoms in total. The topological polar surface area (TPSA) is 35.5 Å². The number of hydrogen-bond acceptors (Lipinski definition) is 3. The molecule has 0 saturated heterocycles. The number of carbonyl (C=O) groups is 1. The zero-order chi connectivity index (χ0) is 17.9. The second kappa shape index (κ2) is 6.98. The summed E-state index contributed by atoms with van der Waals surface area (Å²) in [7, 11) is 0. The van der Waals surface area contributed by atoms with Gasteiger partial charge in [0.25, 0.3) is 0 Å². The Morgan fingerprint density at radius 2 is 1.64 bits per heavy atom. The van der Waals surface area contributed by atoms with Gasteiger partial charge in [-0.05, 0) is 59.7 Å². The number of benzene rings is 3. The maximum Gasteiger partial charge on any atom is 0.330 e. The fourth-order valence-electron chi connectivity index (χ4n) is 2.79. The van der Waals surface area contributed by atoms with E-state index in [0.29, 0.717) is 13.0 Å². The molecule has 0 atom stereocenters. The van der Waals surface area contributed by atoms with Crippen LogP contribution in [0.3, 0.4) is 0 Å². The molecular formula is C22H22O3. The maximum atomic E-state index is 11.3. The van der Waals surface area contributed by atoms with Crippen LogP contribution in [0.2, 0.25) is 0 Å². The van der Waals surface area contributed by atoms with Gasteiger partial charge in [0.1, 0.15) is 11.4 Å². The first-order valence-electron chi connectivity index (χ1n) is 8.38. The molecule has 0 radical (unpaired) electrons. The van der Waals surface area contributed by atoms with Crippen LogP contribution in [0, 0.1) is 0 Å². The Bertz CT molecular complexity index is 925. The van der Waals surface area contributed by atoms with Crippen molar-refractivity contribution in [2.45, 2.75) is 25.9 Å². The van der Waals surface area contributed by atoms with Crippen LogP contribution in [-0.4, -0.2) is 18.2 Å². The third kappa shape index (κ3) is 4.18. The highest BCUT2D eigenvalue weighted by molar-refractivity contribution is 5.98. The summed E-state index contributed by atoms with van der Waals surface area (Å²) in [5, 5.41) is 4.78. The summed E-state index contributed by atoms with van der Waals surface area (Å²) in [5.41, 5.74) is -0.585. The molecule has 0 aliphatic heterocycles. The van der Waals surface area contributed by atoms with E-state index in [4.69, 9.17) is 9.47 Å². The molecule has 25 heavy (non-hydrogen) atoms. The molecule has 3 aromatic carbocycles. The lowest BCUT2D eigenvalue weighted by Crippen LogP contribution is -2.29. The number of hydrogen-bond donors (Lipinski definition) is 0. The van der Waals surface area contributed by atoms with Gasteiger partial charge in [0.15, 0.2) is 0 Å². The van der Waals surface area contributed by atoms with E-state index in [9.17, 15) is 4.79 Å². The molecule has 0 saturated carbocycles. The van der Waals surface area contributed by atoms with Crippen molar-refractivity contribution in [3.63, 3.8) is 0 Å². The molecular weight excluding hydrogens is 312 g/mol. The number of ether oxygens (including phenoxy) is 2. The summed E-state index contributed by atoms with van der Waals surface area (Å²) >= 11 is 0. The Hall–Kier alpha value is -2.81. The molecule has 0 N–H and O–H groups in total. The van der Waals surface area contributed by atoms with Crippen LogP contribution in [0.4, 0.5) is 0 Å². The zero-order valence-electron chi connectivity index (χ0n) is 14.6. The van der Waals surface area contributed by atoms with E-state index in [1.165, 1.54) is 22.2 Å². The minimum absolute atomic E-state index is 0.414. The van der Waals surface area contributed by atoms with Gasteiger partial charge < -0.3 is 9.47 Å². The Morgan fingerprint density at radius 3 is 2.32 bits per heavy atom. The van der Waals surface area contributed by atoms with Crippen molar-refractivity contribution in [1.29, 1.82) is 0 Å². The van der Waals surface area contributed by atoms with E-state index in [1.54, 1.807) is 0 Å². The molecule has 0 unspecified atom stereocenters. The fourth-order valence-corrected chi connectivity index (χ4v) is 2.79. The van der Waals surface area contributed by atoms with Crippen LogP contribution in [0.5, 0.6) is 5.75 Å². The number of carbonyl (C=O) groups excluding carboxylic acids is 1. The molecule has 0 bridgehead atoms. The lowest BCUT2D eigenvalue weighted by molar-refractivity contribution is -0.151. The van der Waals surface area contributed by atoms with Crippen LogP contribution in [0.25, 0.3) is 21.5 Å². The Kier molecular flexibility index (Phi) is 4.75. The van der Waals surface area contributed by atoms with Crippen LogP contribution in [0.15, 0.2) is 67.3 Å². The normalized spacial score (nSPS) is 11.4. The highest BCUT2D eigenvalue weighted by Crippen LogP contribution is 2.26. The van der Waals surface area contributed by atoms with Crippen molar-refractivity contribution in [2.75, 3.05) is 6.61 Å². The number of fused-ring (bicyclic) bond motifs is 2. The molecule has 0 aromatic heterocycles. The van der Waals surface area contributed by atoms with Gasteiger partial charge in [-0.1, -0.05) is 36.9 Å². The van der Waals surface area contributed by atoms with E-state index in [-0.39, 0.29) is 0 Å². The standard InChI is InChI=1S/C22H22O3/c1-4-21(23)25-22(2,3)11-12-24-20-10-9-18-13-16-7-5-6-8-17(16)14-19(18)15-20/h4-10,13-15H,1,11-12H2,2-3H3. The molecule has 0 fully saturated rings. The van der Waals surface area contributed by atoms with Crippen molar-refractivity contribution >= 4 is 27.5 Å². The Balaban J connectivity index is 1.70. The van der Waals surface area contributed by atoms with Crippen LogP contribution < -0.4 is 4.74 Å². The smallest absolute Gasteiger partial charge is 0.330 e. The van der Waals surface area contributed by atoms with Crippen LogP contribution in [-0.2, 0) is 9.53 Å². The molecule has 0 aliphatic rings. The monoisotopic (exact) mass is 334 g/mol. The summed E-state index contributed by atoms with van der Waals surface area (Å²) in [6.07, 6.45) is 1.78. The van der Waals surface area contributed by atoms with Crippen molar-refractivity contribution in [3.8, 4) is 5.75 Å². The van der Waals surface area contributed by atoms with Crippen LogP contribution in [0.1, 0.15) is 20.3 Å². The number of esters is 1. The predicted molar refractivity (Wildman–Crippen MR) is 102 cm³/mol. The first-order valence-corrected chi connectivity index (χ1v) is 8.38. The van der Waals surface area contributed by atoms with E-state index in [1.807, 2.05) is 38.1 Å². The summed E-state index contributed by atoms with van der Waals surface area (Å²) in [4.78, 5) is 11.3. The van der Waals surface area contributed by atoms with Crippen molar-refractivity contribution in [2.24, 2.45) is 0 Å². The summed E-state index contributed by atoms with van der Waals surface area (Å²) < 4.78 is 11.2. The molecule has 0 spiro atoms. The minimum Gasteiger partial charge on any atom is -0.493 e. The third-order valence-electron chi connectivity index (χ3n) is 4.19. The third-order valence-corrected chi connectivity index (χ3v) is 4.19. The number of rotatable bonds is 6. The highest BCUT2D eigenvalue weighted by atomic mass is 16.6. The van der Waals surface area contributed by atoms with Crippen molar-refractivity contribution < 1.29 is 14.3 Å². The molecule has 0 aliphatic carbocycles. The zero-order valence-corrected chi connectivity index (χ0v) is 14.6. The second-order valence-corrected chi connectivity index (χ2v) is 6.69. The molecule has 3 aromatic rings. The largest absolute Gasteiger partial charge is 0.493 e. The second-order valence-electron chi connectivity index (χ2n) is 6.69. The average Bonchev–Trinajstić information content (AvgIpc) is 2.59. The lowest BCUT2D eigenvalue weighted by Gasteiger charge is -2.24. The SMILES string of the molecule is C=CC(=O)OC(C)(C)CCOc1ccc2cc3ccccc3cc2c1. The van der Waals surface area contributed by atoms with E-state index >= 15 is 0 Å². The first-order chi connectivity index (χ1) is 12.0. The highest BCUT2D eigenvalue weighted by Gasteiger charge is 2.21. The summed E-state index contributed by atoms with van der Waals surface area (Å²) in [6.45, 7) is 7.62. The maximum absolute atomic E-state index is 11.3. The van der Waals surface area contributed by atoms with Gasteiger partial charge in [-0.15, -0.1) is 0 Å². The van der Waals surface area contributed by atoms with E-state index < -0.39 is 11.6 Å². The van der Waals surface area contributed by atoms with E-state index in [2.05, 4.69) is 36.9 Å². The van der Waals surface area contributed by atoms with Gasteiger partial charge >= 0.3 is 5.97 Å². The molecule has 0 amide bonds. The van der Waals surface area contributed by atoms with E-state index in [0.717, 1.165) is 11.1 Å². The van der Waals surface area contributed by atoms with Gasteiger partial charge in [0, 0.05) is 12.5 Å². The van der Waals surface area contributed by atoms with Gasteiger partial charge in [-0.25, -0.2) is 4.79 Å². The van der Waals surface area contributed by atoms with Crippen molar-refractivity contribution in [3.05, 3.63) is 67.3 Å². The molecule has 128 valence electrons. The Labute approximate surface area is 147 Å². The van der Waals surface area contributed by atoms with Crippen molar-refractivity contribution in [1.82, 2.24) is 0 Å². The summed E-state index contributed by atoms with van der Waals surface area (Å²) in [6, 6.07) is 18.8. The first kappa shape index (κ1) is 17.0. The minimum atomic E-state index is -0.585. The van der Waals surface area contributed by atoms with Gasteiger partial charge in [0.05, 0.1) is 6.61 Å². The Morgan fingerprint density at radius 1 is 1.00 bits per heavy atom.